The summed E-state index contributed by atoms with van der Waals surface area (Å²) < 4.78 is 1.05. The van der Waals surface area contributed by atoms with Crippen molar-refractivity contribution in [2.24, 2.45) is 16.0 Å². The van der Waals surface area contributed by atoms with E-state index in [1.54, 1.807) is 18.7 Å². The number of nitrogens with one attached hydrogen (secondary N) is 1. The van der Waals surface area contributed by atoms with Crippen LogP contribution in [0.25, 0.3) is 10.2 Å². The lowest BCUT2D eigenvalue weighted by atomic mass is 10.0. The summed E-state index contributed by atoms with van der Waals surface area (Å²) in [7, 11) is 0. The lowest BCUT2D eigenvalue weighted by Gasteiger charge is -2.08. The zero-order valence-electron chi connectivity index (χ0n) is 15.0. The highest BCUT2D eigenvalue weighted by atomic mass is 32.1. The van der Waals surface area contributed by atoms with Crippen LogP contribution in [-0.2, 0) is 11.2 Å². The van der Waals surface area contributed by atoms with Gasteiger partial charge >= 0.3 is 0 Å². The molecule has 0 aliphatic carbocycles. The van der Waals surface area contributed by atoms with Gasteiger partial charge in [0.25, 0.3) is 5.91 Å². The molecule has 8 heteroatoms. The zero-order valence-corrected chi connectivity index (χ0v) is 15.8. The molecule has 1 aromatic carbocycles. The second-order valence-electron chi connectivity index (χ2n) is 6.32. The van der Waals surface area contributed by atoms with E-state index in [0.29, 0.717) is 11.7 Å². The Bertz CT molecular complexity index is 958. The number of anilines is 1. The molecule has 4 rings (SSSR count). The van der Waals surface area contributed by atoms with E-state index in [0.717, 1.165) is 40.9 Å². The fourth-order valence-corrected chi connectivity index (χ4v) is 3.92. The molecule has 27 heavy (non-hydrogen) atoms. The molecule has 2 aromatic heterocycles. The molecule has 3 heterocycles. The van der Waals surface area contributed by atoms with Crippen molar-refractivity contribution in [3.63, 3.8) is 0 Å². The van der Waals surface area contributed by atoms with Crippen LogP contribution in [0.15, 0.2) is 46.9 Å². The number of imidazole rings is 1. The highest BCUT2D eigenvalue weighted by molar-refractivity contribution is 7.22. The average molecular weight is 380 g/mol. The number of carbonyl (C=O) groups excluding carboxylic acids is 1. The van der Waals surface area contributed by atoms with Crippen LogP contribution in [0, 0.1) is 5.92 Å². The predicted octanol–water partition coefficient (Wildman–Crippen LogP) is 3.45. The Labute approximate surface area is 160 Å². The van der Waals surface area contributed by atoms with E-state index in [-0.39, 0.29) is 5.91 Å². The first kappa shape index (κ1) is 17.5. The molecule has 0 radical (unpaired) electrons. The van der Waals surface area contributed by atoms with Gasteiger partial charge in [-0.2, -0.15) is 10.1 Å². The number of amides is 1. The van der Waals surface area contributed by atoms with Gasteiger partial charge in [-0.1, -0.05) is 36.8 Å². The van der Waals surface area contributed by atoms with Crippen molar-refractivity contribution >= 4 is 44.5 Å². The minimum Gasteiger partial charge on any atom is -0.348 e. The summed E-state index contributed by atoms with van der Waals surface area (Å²) in [6.45, 7) is 2.69. The van der Waals surface area contributed by atoms with E-state index >= 15 is 0 Å². The minimum atomic E-state index is -0.404. The number of hydrazone groups is 1. The summed E-state index contributed by atoms with van der Waals surface area (Å²) in [5.74, 6) is -0.485. The first-order chi connectivity index (χ1) is 13.3. The van der Waals surface area contributed by atoms with E-state index in [4.69, 9.17) is 0 Å². The first-order valence-corrected chi connectivity index (χ1v) is 9.82. The third kappa shape index (κ3) is 3.66. The van der Waals surface area contributed by atoms with Crippen molar-refractivity contribution in [1.82, 2.24) is 15.0 Å². The highest BCUT2D eigenvalue weighted by Gasteiger charge is 2.36. The number of fused-ring (bicyclic) bond motifs is 1. The number of benzene rings is 1. The number of para-hydroxylation sites is 1. The molecule has 0 unspecified atom stereocenters. The molecule has 0 spiro atoms. The third-order valence-corrected chi connectivity index (χ3v) is 5.36. The van der Waals surface area contributed by atoms with E-state index in [2.05, 4.69) is 32.0 Å². The molecular weight excluding hydrogens is 360 g/mol. The SMILES string of the molecule is CCCC1=NN(c2nc3ccccc3s2)C(=O)[C@@H]1C=NCCc1cnc[nH]1. The molecule has 1 atom stereocenters. The molecule has 1 aliphatic heterocycles. The lowest BCUT2D eigenvalue weighted by molar-refractivity contribution is -0.118. The summed E-state index contributed by atoms with van der Waals surface area (Å²) in [5, 5.41) is 6.64. The molecule has 3 aromatic rings. The van der Waals surface area contributed by atoms with E-state index in [1.165, 1.54) is 16.3 Å². The number of hydrogen-bond acceptors (Lipinski definition) is 6. The van der Waals surface area contributed by atoms with Gasteiger partial charge in [0, 0.05) is 31.1 Å². The molecular formula is C19H20N6OS. The normalized spacial score (nSPS) is 17.4. The van der Waals surface area contributed by atoms with Crippen molar-refractivity contribution in [2.45, 2.75) is 26.2 Å². The van der Waals surface area contributed by atoms with Crippen molar-refractivity contribution in [2.75, 3.05) is 11.6 Å². The first-order valence-electron chi connectivity index (χ1n) is 9.00. The topological polar surface area (TPSA) is 86.6 Å². The van der Waals surface area contributed by atoms with Gasteiger partial charge in [0.2, 0.25) is 5.13 Å². The maximum atomic E-state index is 13.0. The Balaban J connectivity index is 1.51. The number of nitrogens with zero attached hydrogens (tertiary/aromatic N) is 5. The zero-order chi connectivity index (χ0) is 18.6. The van der Waals surface area contributed by atoms with Gasteiger partial charge in [0.1, 0.15) is 5.92 Å². The van der Waals surface area contributed by atoms with Gasteiger partial charge in [-0.25, -0.2) is 9.97 Å². The molecule has 0 bridgehead atoms. The quantitative estimate of drug-likeness (QED) is 0.637. The average Bonchev–Trinajstić information content (AvgIpc) is 3.39. The number of carbonyl (C=O) groups is 1. The smallest absolute Gasteiger partial charge is 0.263 e. The van der Waals surface area contributed by atoms with Crippen LogP contribution >= 0.6 is 11.3 Å². The number of hydrogen-bond donors (Lipinski definition) is 1. The Morgan fingerprint density at radius 1 is 1.33 bits per heavy atom. The Morgan fingerprint density at radius 2 is 2.22 bits per heavy atom. The van der Waals surface area contributed by atoms with Gasteiger partial charge in [-0.15, -0.1) is 0 Å². The van der Waals surface area contributed by atoms with Crippen molar-refractivity contribution in [3.05, 3.63) is 42.5 Å². The van der Waals surface area contributed by atoms with Gasteiger partial charge in [0.15, 0.2) is 0 Å². The van der Waals surface area contributed by atoms with E-state index in [9.17, 15) is 4.79 Å². The summed E-state index contributed by atoms with van der Waals surface area (Å²) >= 11 is 1.48. The Hall–Kier alpha value is -2.87. The molecule has 7 nitrogen and oxygen atoms in total. The lowest BCUT2D eigenvalue weighted by Crippen LogP contribution is -2.28. The number of aromatic nitrogens is 3. The number of H-pyrrole nitrogens is 1. The van der Waals surface area contributed by atoms with Gasteiger partial charge < -0.3 is 4.98 Å². The van der Waals surface area contributed by atoms with Gasteiger partial charge in [0.05, 0.1) is 22.3 Å². The maximum absolute atomic E-state index is 13.0. The van der Waals surface area contributed by atoms with Gasteiger partial charge in [-0.05, 0) is 18.6 Å². The third-order valence-electron chi connectivity index (χ3n) is 4.35. The Morgan fingerprint density at radius 3 is 3.00 bits per heavy atom. The highest BCUT2D eigenvalue weighted by Crippen LogP contribution is 2.32. The van der Waals surface area contributed by atoms with Crippen LogP contribution in [0.1, 0.15) is 25.5 Å². The Kier molecular flexibility index (Phi) is 5.06. The largest absolute Gasteiger partial charge is 0.348 e. The van der Waals surface area contributed by atoms with Crippen LogP contribution in [0.2, 0.25) is 0 Å². The summed E-state index contributed by atoms with van der Waals surface area (Å²) in [5.41, 5.74) is 2.77. The fraction of sp³-hybridized carbons (Fsp3) is 0.316. The molecule has 1 amide bonds. The molecule has 0 fully saturated rings. The second-order valence-corrected chi connectivity index (χ2v) is 7.32. The number of aliphatic imine (C=N–C) groups is 1. The summed E-state index contributed by atoms with van der Waals surface area (Å²) in [6, 6.07) is 7.86. The molecule has 0 saturated heterocycles. The second kappa shape index (κ2) is 7.79. The van der Waals surface area contributed by atoms with Gasteiger partial charge in [-0.3, -0.25) is 9.79 Å². The van der Waals surface area contributed by atoms with Crippen LogP contribution in [0.3, 0.4) is 0 Å². The van der Waals surface area contributed by atoms with E-state index < -0.39 is 5.92 Å². The minimum absolute atomic E-state index is 0.0807. The fourth-order valence-electron chi connectivity index (χ4n) is 3.00. The molecule has 138 valence electrons. The van der Waals surface area contributed by atoms with Crippen LogP contribution in [-0.4, -0.2) is 39.3 Å². The van der Waals surface area contributed by atoms with Crippen molar-refractivity contribution in [1.29, 1.82) is 0 Å². The monoisotopic (exact) mass is 380 g/mol. The van der Waals surface area contributed by atoms with Crippen LogP contribution < -0.4 is 5.01 Å². The summed E-state index contributed by atoms with van der Waals surface area (Å²) in [4.78, 5) is 29.0. The van der Waals surface area contributed by atoms with Crippen molar-refractivity contribution < 1.29 is 4.79 Å². The van der Waals surface area contributed by atoms with E-state index in [1.807, 2.05) is 24.3 Å². The predicted molar refractivity (Wildman–Crippen MR) is 109 cm³/mol. The molecule has 1 N–H and O–H groups in total. The summed E-state index contributed by atoms with van der Waals surface area (Å²) in [6.07, 6.45) is 7.64. The molecule has 0 saturated carbocycles. The van der Waals surface area contributed by atoms with Crippen LogP contribution in [0.5, 0.6) is 0 Å². The standard InChI is InChI=1S/C19H20N6OS/c1-2-5-15-14(11-20-9-8-13-10-21-12-22-13)18(26)25(24-15)19-23-16-6-3-4-7-17(16)27-19/h3-4,6-7,10-12,14H,2,5,8-9H2,1H3,(H,21,22)/t14-/m1/s1. The number of rotatable bonds is 7. The van der Waals surface area contributed by atoms with Crippen molar-refractivity contribution in [3.8, 4) is 0 Å². The number of aromatic amines is 1. The maximum Gasteiger partial charge on any atom is 0.263 e. The molecule has 1 aliphatic rings. The number of thiazole rings is 1. The van der Waals surface area contributed by atoms with Crippen LogP contribution in [0.4, 0.5) is 5.13 Å².